The number of esters is 1. The molecule has 0 saturated heterocycles. The number of carbonyl (C=O) groups is 1. The van der Waals surface area contributed by atoms with Crippen LogP contribution in [0.3, 0.4) is 0 Å². The van der Waals surface area contributed by atoms with Crippen molar-refractivity contribution in [1.82, 2.24) is 9.78 Å². The minimum atomic E-state index is -0.489. The summed E-state index contributed by atoms with van der Waals surface area (Å²) in [7, 11) is 1.31. The Hall–Kier alpha value is -3.12. The molecular weight excluding hydrogens is 344 g/mol. The second kappa shape index (κ2) is 7.19. The van der Waals surface area contributed by atoms with Gasteiger partial charge < -0.3 is 9.47 Å². The van der Waals surface area contributed by atoms with Crippen molar-refractivity contribution in [3.63, 3.8) is 0 Å². The molecule has 126 valence electrons. The maximum atomic E-state index is 12.4. The first-order valence-electron chi connectivity index (χ1n) is 7.29. The summed E-state index contributed by atoms with van der Waals surface area (Å²) in [5, 5.41) is 4.00. The van der Waals surface area contributed by atoms with E-state index in [1.165, 1.54) is 18.0 Å². The normalized spacial score (nSPS) is 10.3. The van der Waals surface area contributed by atoms with E-state index in [-0.39, 0.29) is 10.8 Å². The van der Waals surface area contributed by atoms with Crippen molar-refractivity contribution in [1.29, 1.82) is 0 Å². The van der Waals surface area contributed by atoms with E-state index in [0.717, 1.165) is 0 Å². The Morgan fingerprint density at radius 2 is 1.76 bits per heavy atom. The van der Waals surface area contributed by atoms with Gasteiger partial charge in [0.15, 0.2) is 10.8 Å². The number of hydrogen-bond acceptors (Lipinski definition) is 5. The van der Waals surface area contributed by atoms with Gasteiger partial charge in [0.2, 0.25) is 0 Å². The number of para-hydroxylation sites is 1. The highest BCUT2D eigenvalue weighted by Gasteiger charge is 2.13. The van der Waals surface area contributed by atoms with Gasteiger partial charge in [-0.15, -0.1) is 0 Å². The lowest BCUT2D eigenvalue weighted by Gasteiger charge is -2.10. The van der Waals surface area contributed by atoms with E-state index in [9.17, 15) is 9.59 Å². The van der Waals surface area contributed by atoms with Crippen LogP contribution in [0, 0.1) is 0 Å². The Balaban J connectivity index is 1.88. The van der Waals surface area contributed by atoms with Crippen molar-refractivity contribution in [2.24, 2.45) is 0 Å². The van der Waals surface area contributed by atoms with Crippen molar-refractivity contribution in [2.75, 3.05) is 7.11 Å². The van der Waals surface area contributed by atoms with Crippen LogP contribution in [0.5, 0.6) is 11.5 Å². The van der Waals surface area contributed by atoms with E-state index in [2.05, 4.69) is 9.84 Å². The van der Waals surface area contributed by atoms with E-state index >= 15 is 0 Å². The molecule has 2 aromatic carbocycles. The molecule has 3 aromatic rings. The Morgan fingerprint density at radius 1 is 1.08 bits per heavy atom. The summed E-state index contributed by atoms with van der Waals surface area (Å²) in [6.07, 6.45) is 1.37. The summed E-state index contributed by atoms with van der Waals surface area (Å²) in [6, 6.07) is 15.2. The monoisotopic (exact) mass is 356 g/mol. The maximum absolute atomic E-state index is 12.4. The number of aromatic nitrogens is 2. The largest absolute Gasteiger partial charge is 0.465 e. The van der Waals surface area contributed by atoms with Gasteiger partial charge in [0.1, 0.15) is 5.75 Å². The van der Waals surface area contributed by atoms with Crippen molar-refractivity contribution in [3.8, 4) is 17.2 Å². The average molecular weight is 357 g/mol. The van der Waals surface area contributed by atoms with E-state index in [4.69, 9.17) is 16.3 Å². The number of nitrogens with zero attached hydrogens (tertiary/aromatic N) is 2. The van der Waals surface area contributed by atoms with Gasteiger partial charge >= 0.3 is 5.97 Å². The van der Waals surface area contributed by atoms with Crippen LogP contribution < -0.4 is 10.3 Å². The molecule has 0 N–H and O–H groups in total. The molecule has 1 heterocycles. The summed E-state index contributed by atoms with van der Waals surface area (Å²) >= 11 is 6.13. The second-order valence-electron chi connectivity index (χ2n) is 4.99. The quantitative estimate of drug-likeness (QED) is 0.669. The van der Waals surface area contributed by atoms with Gasteiger partial charge in [-0.25, -0.2) is 4.79 Å². The van der Waals surface area contributed by atoms with Gasteiger partial charge in [0.25, 0.3) is 5.56 Å². The Morgan fingerprint density at radius 3 is 2.40 bits per heavy atom. The first-order chi connectivity index (χ1) is 12.1. The summed E-state index contributed by atoms with van der Waals surface area (Å²) in [6.45, 7) is 0. The molecule has 6 nitrogen and oxygen atoms in total. The molecule has 0 bridgehead atoms. The molecule has 0 fully saturated rings. The van der Waals surface area contributed by atoms with Gasteiger partial charge in [-0.3, -0.25) is 4.79 Å². The molecule has 25 heavy (non-hydrogen) atoms. The fraction of sp³-hybridized carbons (Fsp3) is 0.0556. The number of methoxy groups -OCH3 is 1. The van der Waals surface area contributed by atoms with Gasteiger partial charge in [0.05, 0.1) is 24.6 Å². The van der Waals surface area contributed by atoms with Crippen LogP contribution in [-0.4, -0.2) is 22.9 Å². The molecule has 0 unspecified atom stereocenters. The molecule has 0 aliphatic rings. The summed E-state index contributed by atoms with van der Waals surface area (Å²) in [5.41, 5.74) is 0.499. The zero-order chi connectivity index (χ0) is 17.8. The number of hydrogen-bond donors (Lipinski definition) is 0. The number of benzene rings is 2. The van der Waals surface area contributed by atoms with Crippen molar-refractivity contribution >= 4 is 17.6 Å². The van der Waals surface area contributed by atoms with Crippen molar-refractivity contribution in [3.05, 3.63) is 81.7 Å². The molecule has 1 aromatic heterocycles. The highest BCUT2D eigenvalue weighted by atomic mass is 35.5. The Labute approximate surface area is 148 Å². The lowest BCUT2D eigenvalue weighted by Crippen LogP contribution is -2.21. The van der Waals surface area contributed by atoms with Gasteiger partial charge in [-0.05, 0) is 36.4 Å². The SMILES string of the molecule is COC(=O)c1ccc(Oc2cnn(-c3ccccc3)c(=O)c2Cl)cc1. The van der Waals surface area contributed by atoms with Crippen LogP contribution in [0.25, 0.3) is 5.69 Å². The topological polar surface area (TPSA) is 70.4 Å². The Bertz CT molecular complexity index is 953. The fourth-order valence-electron chi connectivity index (χ4n) is 2.15. The third-order valence-corrected chi connectivity index (χ3v) is 3.74. The first kappa shape index (κ1) is 16.7. The van der Waals surface area contributed by atoms with Crippen LogP contribution >= 0.6 is 11.6 Å². The molecule has 0 spiro atoms. The lowest BCUT2D eigenvalue weighted by molar-refractivity contribution is 0.0600. The maximum Gasteiger partial charge on any atom is 0.337 e. The number of carbonyl (C=O) groups excluding carboxylic acids is 1. The smallest absolute Gasteiger partial charge is 0.337 e. The molecule has 0 radical (unpaired) electrons. The van der Waals surface area contributed by atoms with Crippen LogP contribution in [0.2, 0.25) is 5.02 Å². The molecule has 7 heteroatoms. The lowest BCUT2D eigenvalue weighted by atomic mass is 10.2. The third kappa shape index (κ3) is 3.54. The zero-order valence-electron chi connectivity index (χ0n) is 13.2. The van der Waals surface area contributed by atoms with Gasteiger partial charge in [0, 0.05) is 0 Å². The average Bonchev–Trinajstić information content (AvgIpc) is 2.66. The van der Waals surface area contributed by atoms with Crippen LogP contribution in [0.15, 0.2) is 65.6 Å². The van der Waals surface area contributed by atoms with Crippen LogP contribution in [-0.2, 0) is 4.74 Å². The molecule has 0 atom stereocenters. The summed E-state index contributed by atoms with van der Waals surface area (Å²) < 4.78 is 11.4. The molecule has 0 aliphatic carbocycles. The first-order valence-corrected chi connectivity index (χ1v) is 7.67. The zero-order valence-corrected chi connectivity index (χ0v) is 13.9. The Kier molecular flexibility index (Phi) is 4.81. The molecule has 3 rings (SSSR count). The van der Waals surface area contributed by atoms with E-state index < -0.39 is 11.5 Å². The molecular formula is C18H13ClN2O4. The second-order valence-corrected chi connectivity index (χ2v) is 5.37. The summed E-state index contributed by atoms with van der Waals surface area (Å²) in [4.78, 5) is 23.8. The number of halogens is 1. The molecule has 0 saturated carbocycles. The van der Waals surface area contributed by atoms with Gasteiger partial charge in [-0.1, -0.05) is 29.8 Å². The predicted octanol–water partition coefficient (Wildman–Crippen LogP) is 3.46. The number of ether oxygens (including phenoxy) is 2. The van der Waals surface area contributed by atoms with Crippen LogP contribution in [0.4, 0.5) is 0 Å². The minimum Gasteiger partial charge on any atom is -0.465 e. The highest BCUT2D eigenvalue weighted by Crippen LogP contribution is 2.26. The van der Waals surface area contributed by atoms with Crippen LogP contribution in [0.1, 0.15) is 10.4 Å². The van der Waals surface area contributed by atoms with E-state index in [0.29, 0.717) is 17.0 Å². The predicted molar refractivity (Wildman–Crippen MR) is 92.7 cm³/mol. The standard InChI is InChI=1S/C18H13ClN2O4/c1-24-18(23)12-7-9-14(10-8-12)25-15-11-20-21(17(22)16(15)19)13-5-3-2-4-6-13/h2-11H,1H3. The summed E-state index contributed by atoms with van der Waals surface area (Å²) in [5.74, 6) is 0.0922. The van der Waals surface area contributed by atoms with Crippen molar-refractivity contribution < 1.29 is 14.3 Å². The number of rotatable bonds is 4. The van der Waals surface area contributed by atoms with Gasteiger partial charge in [-0.2, -0.15) is 9.78 Å². The molecule has 0 aliphatic heterocycles. The van der Waals surface area contributed by atoms with E-state index in [1.807, 2.05) is 6.07 Å². The highest BCUT2D eigenvalue weighted by molar-refractivity contribution is 6.31. The molecule has 0 amide bonds. The minimum absolute atomic E-state index is 0.0871. The van der Waals surface area contributed by atoms with E-state index in [1.54, 1.807) is 48.5 Å². The fourth-order valence-corrected chi connectivity index (χ4v) is 2.31. The third-order valence-electron chi connectivity index (χ3n) is 3.39. The van der Waals surface area contributed by atoms with Crippen molar-refractivity contribution in [2.45, 2.75) is 0 Å².